The van der Waals surface area contributed by atoms with Crippen LogP contribution < -0.4 is 17.0 Å². The van der Waals surface area contributed by atoms with E-state index in [0.717, 1.165) is 10.0 Å². The lowest BCUT2D eigenvalue weighted by Crippen LogP contribution is -2.22. The Morgan fingerprint density at radius 3 is 2.65 bits per heavy atom. The van der Waals surface area contributed by atoms with Crippen LogP contribution in [0.4, 0.5) is 5.69 Å². The Hall–Kier alpha value is -2.08. The normalized spacial score (nSPS) is 10.5. The topological polar surface area (TPSA) is 91.1 Å². The van der Waals surface area contributed by atoms with E-state index >= 15 is 0 Å². The van der Waals surface area contributed by atoms with Crippen LogP contribution >= 0.6 is 15.9 Å². The van der Waals surface area contributed by atoms with E-state index in [-0.39, 0.29) is 5.56 Å². The largest absolute Gasteiger partial charge is 0.398 e. The number of carbonyl (C=O) groups is 1. The maximum atomic E-state index is 12.0. The highest BCUT2D eigenvalue weighted by molar-refractivity contribution is 9.10. The smallest absolute Gasteiger partial charge is 0.253 e. The summed E-state index contributed by atoms with van der Waals surface area (Å²) in [5.74, 6) is -0.529. The molecule has 1 heterocycles. The van der Waals surface area contributed by atoms with Gasteiger partial charge >= 0.3 is 0 Å². The minimum Gasteiger partial charge on any atom is -0.398 e. The Morgan fingerprint density at radius 1 is 1.35 bits per heavy atom. The third kappa shape index (κ3) is 2.91. The first-order valence-electron chi connectivity index (χ1n) is 5.93. The number of halogens is 1. The lowest BCUT2D eigenvalue weighted by molar-refractivity contribution is 0.100. The van der Waals surface area contributed by atoms with Gasteiger partial charge in [-0.15, -0.1) is 0 Å². The summed E-state index contributed by atoms with van der Waals surface area (Å²) in [6.07, 6.45) is 1.71. The van der Waals surface area contributed by atoms with Gasteiger partial charge in [-0.1, -0.05) is 6.07 Å². The molecule has 0 bridgehead atoms. The number of aromatic nitrogens is 1. The molecule has 0 atom stereocenters. The van der Waals surface area contributed by atoms with Gasteiger partial charge in [0.15, 0.2) is 0 Å². The summed E-state index contributed by atoms with van der Waals surface area (Å²) in [4.78, 5) is 23.1. The van der Waals surface area contributed by atoms with Gasteiger partial charge < -0.3 is 16.0 Å². The standard InChI is InChI=1S/C14H14BrN3O2/c1-8-4-11(15)7-18(14(8)20)6-10-3-2-9(13(17)19)5-12(10)16/h2-5,7H,6,16H2,1H3,(H2,17,19). The molecule has 1 amide bonds. The van der Waals surface area contributed by atoms with Crippen LogP contribution in [-0.4, -0.2) is 10.5 Å². The molecule has 0 unspecified atom stereocenters. The van der Waals surface area contributed by atoms with Crippen LogP contribution in [0.15, 0.2) is 39.7 Å². The van der Waals surface area contributed by atoms with Gasteiger partial charge in [0.25, 0.3) is 5.56 Å². The van der Waals surface area contributed by atoms with Crippen molar-refractivity contribution in [3.8, 4) is 0 Å². The first-order valence-corrected chi connectivity index (χ1v) is 6.72. The molecule has 0 radical (unpaired) electrons. The predicted octanol–water partition coefficient (Wildman–Crippen LogP) is 1.65. The van der Waals surface area contributed by atoms with Crippen molar-refractivity contribution in [3.63, 3.8) is 0 Å². The Bertz CT molecular complexity index is 738. The first kappa shape index (κ1) is 14.3. The monoisotopic (exact) mass is 335 g/mol. The second-order valence-electron chi connectivity index (χ2n) is 4.55. The zero-order valence-electron chi connectivity index (χ0n) is 10.9. The van der Waals surface area contributed by atoms with E-state index in [1.807, 2.05) is 0 Å². The van der Waals surface area contributed by atoms with Crippen LogP contribution in [0.2, 0.25) is 0 Å². The third-order valence-corrected chi connectivity index (χ3v) is 3.44. The molecule has 0 aliphatic rings. The molecule has 0 saturated heterocycles. The van der Waals surface area contributed by atoms with Crippen molar-refractivity contribution in [1.29, 1.82) is 0 Å². The number of hydrogen-bond acceptors (Lipinski definition) is 3. The van der Waals surface area contributed by atoms with Crippen LogP contribution in [0.25, 0.3) is 0 Å². The van der Waals surface area contributed by atoms with Gasteiger partial charge in [-0.2, -0.15) is 0 Å². The third-order valence-electron chi connectivity index (χ3n) is 3.00. The van der Waals surface area contributed by atoms with Crippen molar-refractivity contribution in [1.82, 2.24) is 4.57 Å². The van der Waals surface area contributed by atoms with Crippen LogP contribution in [0, 0.1) is 6.92 Å². The van der Waals surface area contributed by atoms with Crippen LogP contribution in [0.5, 0.6) is 0 Å². The van der Waals surface area contributed by atoms with Crippen molar-refractivity contribution in [2.24, 2.45) is 5.73 Å². The second-order valence-corrected chi connectivity index (χ2v) is 5.47. The van der Waals surface area contributed by atoms with Gasteiger partial charge in [0.05, 0.1) is 6.54 Å². The Labute approximate surface area is 124 Å². The highest BCUT2D eigenvalue weighted by Gasteiger charge is 2.08. The van der Waals surface area contributed by atoms with Gasteiger partial charge in [-0.25, -0.2) is 0 Å². The zero-order chi connectivity index (χ0) is 14.9. The van der Waals surface area contributed by atoms with Crippen molar-refractivity contribution in [3.05, 3.63) is 62.0 Å². The molecular formula is C14H14BrN3O2. The van der Waals surface area contributed by atoms with Crippen molar-refractivity contribution in [2.45, 2.75) is 13.5 Å². The molecule has 20 heavy (non-hydrogen) atoms. The number of benzene rings is 1. The summed E-state index contributed by atoms with van der Waals surface area (Å²) in [6, 6.07) is 6.59. The Balaban J connectivity index is 2.41. The molecule has 4 N–H and O–H groups in total. The number of anilines is 1. The van der Waals surface area contributed by atoms with E-state index < -0.39 is 5.91 Å². The summed E-state index contributed by atoms with van der Waals surface area (Å²) in [5, 5.41) is 0. The lowest BCUT2D eigenvalue weighted by Gasteiger charge is -2.11. The maximum absolute atomic E-state index is 12.0. The molecule has 0 aliphatic heterocycles. The highest BCUT2D eigenvalue weighted by Crippen LogP contribution is 2.16. The van der Waals surface area contributed by atoms with E-state index in [1.165, 1.54) is 6.07 Å². The number of amides is 1. The predicted molar refractivity (Wildman–Crippen MR) is 81.6 cm³/mol. The molecule has 2 rings (SSSR count). The minimum absolute atomic E-state index is 0.0772. The Morgan fingerprint density at radius 2 is 2.05 bits per heavy atom. The van der Waals surface area contributed by atoms with E-state index in [4.69, 9.17) is 11.5 Å². The molecule has 6 heteroatoms. The van der Waals surface area contributed by atoms with Gasteiger partial charge in [0.2, 0.25) is 5.91 Å². The Kier molecular flexibility index (Phi) is 3.94. The number of pyridine rings is 1. The molecule has 5 nitrogen and oxygen atoms in total. The lowest BCUT2D eigenvalue weighted by atomic mass is 10.1. The summed E-state index contributed by atoms with van der Waals surface area (Å²) in [6.45, 7) is 2.09. The van der Waals surface area contributed by atoms with Crippen molar-refractivity contribution >= 4 is 27.5 Å². The fourth-order valence-corrected chi connectivity index (χ4v) is 2.52. The number of nitrogens with two attached hydrogens (primary N) is 2. The summed E-state index contributed by atoms with van der Waals surface area (Å²) in [5.41, 5.74) is 13.2. The van der Waals surface area contributed by atoms with Gasteiger partial charge in [0.1, 0.15) is 0 Å². The minimum atomic E-state index is -0.529. The summed E-state index contributed by atoms with van der Waals surface area (Å²) >= 11 is 3.36. The molecule has 0 fully saturated rings. The number of nitrogen functional groups attached to an aromatic ring is 1. The van der Waals surface area contributed by atoms with E-state index in [9.17, 15) is 9.59 Å². The van der Waals surface area contributed by atoms with Crippen LogP contribution in [0.1, 0.15) is 21.5 Å². The fourth-order valence-electron chi connectivity index (χ4n) is 1.93. The van der Waals surface area contributed by atoms with Crippen LogP contribution in [-0.2, 0) is 6.54 Å². The quantitative estimate of drug-likeness (QED) is 0.835. The van der Waals surface area contributed by atoms with Crippen molar-refractivity contribution in [2.75, 3.05) is 5.73 Å². The molecule has 0 saturated carbocycles. The van der Waals surface area contributed by atoms with Gasteiger partial charge in [-0.05, 0) is 46.6 Å². The fraction of sp³-hybridized carbons (Fsp3) is 0.143. The van der Waals surface area contributed by atoms with E-state index in [2.05, 4.69) is 15.9 Å². The number of primary amides is 1. The second kappa shape index (κ2) is 5.50. The number of aryl methyl sites for hydroxylation is 1. The average molecular weight is 336 g/mol. The van der Waals surface area contributed by atoms with Gasteiger partial charge in [-0.3, -0.25) is 9.59 Å². The number of nitrogens with zero attached hydrogens (tertiary/aromatic N) is 1. The van der Waals surface area contributed by atoms with E-state index in [1.54, 1.807) is 35.9 Å². The number of rotatable bonds is 3. The molecule has 104 valence electrons. The molecular weight excluding hydrogens is 322 g/mol. The first-order chi connectivity index (χ1) is 9.38. The molecule has 0 aliphatic carbocycles. The number of carbonyl (C=O) groups excluding carboxylic acids is 1. The number of hydrogen-bond donors (Lipinski definition) is 2. The molecule has 0 spiro atoms. The zero-order valence-corrected chi connectivity index (χ0v) is 12.5. The summed E-state index contributed by atoms with van der Waals surface area (Å²) in [7, 11) is 0. The van der Waals surface area contributed by atoms with Gasteiger partial charge in [0, 0.05) is 27.5 Å². The molecule has 1 aromatic carbocycles. The van der Waals surface area contributed by atoms with E-state index in [0.29, 0.717) is 23.4 Å². The average Bonchev–Trinajstić information content (AvgIpc) is 2.37. The summed E-state index contributed by atoms with van der Waals surface area (Å²) < 4.78 is 2.39. The molecule has 2 aromatic rings. The van der Waals surface area contributed by atoms with Crippen LogP contribution in [0.3, 0.4) is 0 Å². The SMILES string of the molecule is Cc1cc(Br)cn(Cc2ccc(C(N)=O)cc2N)c1=O. The molecule has 1 aromatic heterocycles. The van der Waals surface area contributed by atoms with Crippen molar-refractivity contribution < 1.29 is 4.79 Å². The highest BCUT2D eigenvalue weighted by atomic mass is 79.9. The maximum Gasteiger partial charge on any atom is 0.253 e.